The lowest BCUT2D eigenvalue weighted by Gasteiger charge is -2.36. The van der Waals surface area contributed by atoms with Crippen LogP contribution in [0, 0.1) is 5.92 Å². The number of hydrogen-bond donors (Lipinski definition) is 0. The lowest BCUT2D eigenvalue weighted by atomic mass is 9.85. The zero-order valence-electron chi connectivity index (χ0n) is 11.3. The Morgan fingerprint density at radius 3 is 2.83 bits per heavy atom. The molecule has 1 aliphatic carbocycles. The molecular weight excluding hydrogens is 228 g/mol. The van der Waals surface area contributed by atoms with Gasteiger partial charge in [0, 0.05) is 25.7 Å². The normalized spacial score (nSPS) is 37.6. The second-order valence-electron chi connectivity index (χ2n) is 6.05. The average Bonchev–Trinajstić information content (AvgIpc) is 2.82. The fraction of sp³-hybridized carbons (Fsp3) is 0.929. The van der Waals surface area contributed by atoms with E-state index >= 15 is 0 Å². The van der Waals surface area contributed by atoms with Gasteiger partial charge in [-0.1, -0.05) is 12.8 Å². The van der Waals surface area contributed by atoms with Gasteiger partial charge >= 0.3 is 0 Å². The topological polar surface area (TPSA) is 32.8 Å². The van der Waals surface area contributed by atoms with E-state index < -0.39 is 0 Å². The molecule has 2 aliphatic heterocycles. The number of hydrogen-bond acceptors (Lipinski definition) is 3. The molecule has 3 atom stereocenters. The van der Waals surface area contributed by atoms with Gasteiger partial charge in [-0.2, -0.15) is 0 Å². The number of likely N-dealkylation sites (N-methyl/N-ethyl adjacent to an activating group) is 1. The van der Waals surface area contributed by atoms with Crippen LogP contribution in [-0.2, 0) is 9.53 Å². The van der Waals surface area contributed by atoms with Crippen LogP contribution in [0.1, 0.15) is 32.1 Å². The molecule has 0 aromatic heterocycles. The molecular formula is C14H24N2O2. The summed E-state index contributed by atoms with van der Waals surface area (Å²) in [5.41, 5.74) is 0. The fourth-order valence-corrected chi connectivity index (χ4v) is 3.79. The van der Waals surface area contributed by atoms with Crippen molar-refractivity contribution in [3.05, 3.63) is 0 Å². The maximum atomic E-state index is 12.6. The van der Waals surface area contributed by atoms with Crippen molar-refractivity contribution < 1.29 is 9.53 Å². The maximum absolute atomic E-state index is 12.6. The van der Waals surface area contributed by atoms with Crippen LogP contribution in [0.5, 0.6) is 0 Å². The Labute approximate surface area is 109 Å². The van der Waals surface area contributed by atoms with Crippen LogP contribution in [-0.4, -0.2) is 61.1 Å². The van der Waals surface area contributed by atoms with Crippen LogP contribution in [0.15, 0.2) is 0 Å². The molecule has 4 heteroatoms. The fourth-order valence-electron chi connectivity index (χ4n) is 3.79. The summed E-state index contributed by atoms with van der Waals surface area (Å²) in [6.45, 7) is 3.34. The quantitative estimate of drug-likeness (QED) is 0.701. The van der Waals surface area contributed by atoms with Gasteiger partial charge < -0.3 is 14.5 Å². The van der Waals surface area contributed by atoms with Gasteiger partial charge in [0.25, 0.3) is 5.91 Å². The Kier molecular flexibility index (Phi) is 3.57. The minimum absolute atomic E-state index is 0.218. The van der Waals surface area contributed by atoms with E-state index in [1.807, 2.05) is 0 Å². The highest BCUT2D eigenvalue weighted by molar-refractivity contribution is 5.82. The SMILES string of the molecule is CN1CCOC(C(=O)N2CCC3CCCCC32)C1. The molecule has 0 radical (unpaired) electrons. The molecule has 2 heterocycles. The molecule has 3 aliphatic rings. The highest BCUT2D eigenvalue weighted by Crippen LogP contribution is 2.36. The van der Waals surface area contributed by atoms with Crippen molar-refractivity contribution in [1.29, 1.82) is 0 Å². The van der Waals surface area contributed by atoms with Gasteiger partial charge in [-0.15, -0.1) is 0 Å². The smallest absolute Gasteiger partial charge is 0.253 e. The Morgan fingerprint density at radius 2 is 2.00 bits per heavy atom. The summed E-state index contributed by atoms with van der Waals surface area (Å²) >= 11 is 0. The number of rotatable bonds is 1. The second-order valence-corrected chi connectivity index (χ2v) is 6.05. The highest BCUT2D eigenvalue weighted by atomic mass is 16.5. The van der Waals surface area contributed by atoms with E-state index in [4.69, 9.17) is 4.74 Å². The van der Waals surface area contributed by atoms with Gasteiger partial charge in [-0.25, -0.2) is 0 Å². The van der Waals surface area contributed by atoms with Crippen LogP contribution in [0.25, 0.3) is 0 Å². The summed E-state index contributed by atoms with van der Waals surface area (Å²) in [6.07, 6.45) is 6.16. The van der Waals surface area contributed by atoms with E-state index in [0.29, 0.717) is 12.6 Å². The molecule has 0 aromatic rings. The molecule has 4 nitrogen and oxygen atoms in total. The summed E-state index contributed by atoms with van der Waals surface area (Å²) in [5, 5.41) is 0. The summed E-state index contributed by atoms with van der Waals surface area (Å²) in [4.78, 5) is 16.9. The first-order valence-electron chi connectivity index (χ1n) is 7.36. The van der Waals surface area contributed by atoms with Crippen molar-refractivity contribution in [2.75, 3.05) is 33.3 Å². The molecule has 18 heavy (non-hydrogen) atoms. The van der Waals surface area contributed by atoms with Crippen molar-refractivity contribution in [1.82, 2.24) is 9.80 Å². The first-order chi connectivity index (χ1) is 8.75. The Hall–Kier alpha value is -0.610. The summed E-state index contributed by atoms with van der Waals surface area (Å²) < 4.78 is 5.67. The number of fused-ring (bicyclic) bond motifs is 1. The third kappa shape index (κ3) is 2.28. The van der Waals surface area contributed by atoms with Crippen molar-refractivity contribution >= 4 is 5.91 Å². The molecule has 0 aromatic carbocycles. The third-order valence-electron chi connectivity index (χ3n) is 4.84. The van der Waals surface area contributed by atoms with Crippen molar-refractivity contribution in [2.24, 2.45) is 5.92 Å². The number of ether oxygens (including phenoxy) is 1. The number of likely N-dealkylation sites (tertiary alicyclic amines) is 1. The van der Waals surface area contributed by atoms with Crippen LogP contribution in [0.3, 0.4) is 0 Å². The number of morpholine rings is 1. The van der Waals surface area contributed by atoms with Crippen LogP contribution >= 0.6 is 0 Å². The minimum atomic E-state index is -0.218. The van der Waals surface area contributed by atoms with Gasteiger partial charge in [0.05, 0.1) is 6.61 Å². The van der Waals surface area contributed by atoms with Crippen LogP contribution < -0.4 is 0 Å². The number of carbonyl (C=O) groups is 1. The van der Waals surface area contributed by atoms with Crippen LogP contribution in [0.4, 0.5) is 0 Å². The molecule has 0 bridgehead atoms. The monoisotopic (exact) mass is 252 g/mol. The Bertz CT molecular complexity index is 321. The van der Waals surface area contributed by atoms with E-state index in [1.165, 1.54) is 32.1 Å². The lowest BCUT2D eigenvalue weighted by Crippen LogP contribution is -2.51. The molecule has 3 fully saturated rings. The number of nitrogens with zero attached hydrogens (tertiary/aromatic N) is 2. The summed E-state index contributed by atoms with van der Waals surface area (Å²) in [7, 11) is 2.07. The van der Waals surface area contributed by atoms with E-state index in [-0.39, 0.29) is 12.0 Å². The van der Waals surface area contributed by atoms with Crippen molar-refractivity contribution in [3.8, 4) is 0 Å². The van der Waals surface area contributed by atoms with E-state index in [0.717, 1.165) is 25.6 Å². The van der Waals surface area contributed by atoms with Crippen molar-refractivity contribution in [2.45, 2.75) is 44.2 Å². The Morgan fingerprint density at radius 1 is 1.17 bits per heavy atom. The maximum Gasteiger partial charge on any atom is 0.253 e. The molecule has 0 spiro atoms. The molecule has 3 unspecified atom stereocenters. The third-order valence-corrected chi connectivity index (χ3v) is 4.84. The molecule has 102 valence electrons. The van der Waals surface area contributed by atoms with E-state index in [2.05, 4.69) is 16.8 Å². The van der Waals surface area contributed by atoms with Gasteiger partial charge in [0.1, 0.15) is 6.10 Å². The lowest BCUT2D eigenvalue weighted by molar-refractivity contribution is -0.150. The van der Waals surface area contributed by atoms with E-state index in [9.17, 15) is 4.79 Å². The van der Waals surface area contributed by atoms with Gasteiger partial charge in [-0.05, 0) is 32.2 Å². The van der Waals surface area contributed by atoms with Crippen LogP contribution in [0.2, 0.25) is 0 Å². The first kappa shape index (κ1) is 12.4. The summed E-state index contributed by atoms with van der Waals surface area (Å²) in [6, 6.07) is 0.516. The minimum Gasteiger partial charge on any atom is -0.366 e. The predicted octanol–water partition coefficient (Wildman–Crippen LogP) is 1.11. The van der Waals surface area contributed by atoms with Gasteiger partial charge in [0.2, 0.25) is 0 Å². The molecule has 2 saturated heterocycles. The molecule has 0 N–H and O–H groups in total. The second kappa shape index (κ2) is 5.17. The average molecular weight is 252 g/mol. The standard InChI is InChI=1S/C14H24N2O2/c1-15-8-9-18-13(10-15)14(17)16-7-6-11-4-2-3-5-12(11)16/h11-13H,2-10H2,1H3. The Balaban J connectivity index is 1.65. The molecule has 1 amide bonds. The zero-order chi connectivity index (χ0) is 12.5. The predicted molar refractivity (Wildman–Crippen MR) is 69.3 cm³/mol. The largest absolute Gasteiger partial charge is 0.366 e. The number of amides is 1. The molecule has 3 rings (SSSR count). The molecule has 1 saturated carbocycles. The zero-order valence-corrected chi connectivity index (χ0v) is 11.3. The number of carbonyl (C=O) groups excluding carboxylic acids is 1. The van der Waals surface area contributed by atoms with E-state index in [1.54, 1.807) is 0 Å². The van der Waals surface area contributed by atoms with Gasteiger partial charge in [0.15, 0.2) is 0 Å². The first-order valence-corrected chi connectivity index (χ1v) is 7.36. The summed E-state index contributed by atoms with van der Waals surface area (Å²) in [5.74, 6) is 1.01. The van der Waals surface area contributed by atoms with Crippen molar-refractivity contribution in [3.63, 3.8) is 0 Å². The van der Waals surface area contributed by atoms with Gasteiger partial charge in [-0.3, -0.25) is 4.79 Å². The highest BCUT2D eigenvalue weighted by Gasteiger charge is 2.41.